The van der Waals surface area contributed by atoms with Crippen molar-refractivity contribution in [3.05, 3.63) is 52.6 Å². The van der Waals surface area contributed by atoms with Gasteiger partial charge in [0.2, 0.25) is 0 Å². The summed E-state index contributed by atoms with van der Waals surface area (Å²) in [5, 5.41) is 0. The Morgan fingerprint density at radius 2 is 1.33 bits per heavy atom. The van der Waals surface area contributed by atoms with Crippen molar-refractivity contribution in [1.29, 1.82) is 0 Å². The molecule has 0 aliphatic carbocycles. The zero-order chi connectivity index (χ0) is 20.5. The number of sulfonamides is 1. The number of hydrogen-bond donors (Lipinski definition) is 2. The third-order valence-corrected chi connectivity index (χ3v) is 6.21. The second-order valence-electron chi connectivity index (χ2n) is 8.23. The van der Waals surface area contributed by atoms with E-state index in [-0.39, 0.29) is 11.8 Å². The molecule has 0 bridgehead atoms. The van der Waals surface area contributed by atoms with Gasteiger partial charge in [0.05, 0.1) is 10.6 Å². The van der Waals surface area contributed by atoms with Crippen molar-refractivity contribution in [2.75, 3.05) is 10.5 Å². The van der Waals surface area contributed by atoms with E-state index in [0.717, 1.165) is 16.7 Å². The predicted molar refractivity (Wildman–Crippen MR) is 115 cm³/mol. The molecule has 0 saturated heterocycles. The minimum atomic E-state index is -3.75. The summed E-state index contributed by atoms with van der Waals surface area (Å²) >= 11 is 0. The van der Waals surface area contributed by atoms with Crippen LogP contribution < -0.4 is 10.5 Å². The van der Waals surface area contributed by atoms with Gasteiger partial charge in [-0.25, -0.2) is 8.42 Å². The molecule has 3 N–H and O–H groups in total. The third kappa shape index (κ3) is 4.83. The average Bonchev–Trinajstić information content (AvgIpc) is 2.51. The number of nitrogens with two attached hydrogens (primary N) is 1. The molecule has 0 aliphatic rings. The van der Waals surface area contributed by atoms with Crippen LogP contribution in [0.2, 0.25) is 0 Å². The van der Waals surface area contributed by atoms with Crippen LogP contribution in [0.5, 0.6) is 0 Å². The predicted octanol–water partition coefficient (Wildman–Crippen LogP) is 5.75. The molecule has 148 valence electrons. The Hall–Kier alpha value is -2.01. The van der Waals surface area contributed by atoms with Crippen LogP contribution in [0.3, 0.4) is 0 Å². The van der Waals surface area contributed by atoms with Crippen molar-refractivity contribution in [3.63, 3.8) is 0 Å². The largest absolute Gasteiger partial charge is 0.399 e. The Labute approximate surface area is 164 Å². The highest BCUT2D eigenvalue weighted by Crippen LogP contribution is 2.36. The fraction of sp³-hybridized carbons (Fsp3) is 0.455. The maximum absolute atomic E-state index is 13.4. The zero-order valence-corrected chi connectivity index (χ0v) is 18.2. The fourth-order valence-corrected chi connectivity index (χ4v) is 5.02. The van der Waals surface area contributed by atoms with Gasteiger partial charge in [0.1, 0.15) is 0 Å². The number of aryl methyl sites for hydroxylation is 1. The van der Waals surface area contributed by atoms with E-state index in [2.05, 4.69) is 18.6 Å². The molecule has 0 aliphatic heterocycles. The van der Waals surface area contributed by atoms with E-state index in [4.69, 9.17) is 5.73 Å². The summed E-state index contributed by atoms with van der Waals surface area (Å²) in [6.07, 6.45) is 0. The number of anilines is 2. The number of benzene rings is 2. The molecule has 0 saturated carbocycles. The zero-order valence-electron chi connectivity index (χ0n) is 17.4. The van der Waals surface area contributed by atoms with Crippen LogP contribution in [0.4, 0.5) is 11.4 Å². The summed E-state index contributed by atoms with van der Waals surface area (Å²) in [4.78, 5) is 0.400. The molecular weight excluding hydrogens is 356 g/mol. The van der Waals surface area contributed by atoms with Crippen molar-refractivity contribution < 1.29 is 8.42 Å². The van der Waals surface area contributed by atoms with Crippen molar-refractivity contribution in [2.24, 2.45) is 0 Å². The van der Waals surface area contributed by atoms with Gasteiger partial charge in [-0.15, -0.1) is 0 Å². The van der Waals surface area contributed by atoms with Gasteiger partial charge in [0.25, 0.3) is 10.0 Å². The molecule has 5 heteroatoms. The van der Waals surface area contributed by atoms with Crippen molar-refractivity contribution in [3.8, 4) is 0 Å². The molecule has 2 aromatic carbocycles. The average molecular weight is 389 g/mol. The molecule has 2 aromatic rings. The number of rotatable bonds is 6. The van der Waals surface area contributed by atoms with E-state index in [9.17, 15) is 8.42 Å². The Morgan fingerprint density at radius 3 is 1.74 bits per heavy atom. The van der Waals surface area contributed by atoms with E-state index in [1.54, 1.807) is 12.1 Å². The lowest BCUT2D eigenvalue weighted by Gasteiger charge is -2.23. The third-order valence-electron chi connectivity index (χ3n) is 4.70. The summed E-state index contributed by atoms with van der Waals surface area (Å²) in [6.45, 7) is 14.3. The van der Waals surface area contributed by atoms with Crippen LogP contribution in [0, 0.1) is 6.92 Å². The standard InChI is InChI=1S/C22H32N2O2S/c1-13(2)17-10-20(14(3)4)22(21(11-17)15(5)6)27(25,26)24-19-9-16(7)8-18(23)12-19/h8-15,24H,23H2,1-7H3. The van der Waals surface area contributed by atoms with Gasteiger partial charge >= 0.3 is 0 Å². The minimum absolute atomic E-state index is 0.0929. The Kier molecular flexibility index (Phi) is 6.25. The van der Waals surface area contributed by atoms with Gasteiger partial charge in [0, 0.05) is 5.69 Å². The summed E-state index contributed by atoms with van der Waals surface area (Å²) in [7, 11) is -3.75. The lowest BCUT2D eigenvalue weighted by molar-refractivity contribution is 0.595. The first-order chi connectivity index (χ1) is 12.4. The van der Waals surface area contributed by atoms with Crippen molar-refractivity contribution in [1.82, 2.24) is 0 Å². The second kappa shape index (κ2) is 7.93. The molecule has 0 atom stereocenters. The highest BCUT2D eigenvalue weighted by atomic mass is 32.2. The summed E-state index contributed by atoms with van der Waals surface area (Å²) in [5.41, 5.74) is 10.7. The number of nitrogens with one attached hydrogen (secondary N) is 1. The maximum Gasteiger partial charge on any atom is 0.262 e. The van der Waals surface area contributed by atoms with Crippen LogP contribution in [-0.4, -0.2) is 8.42 Å². The molecule has 0 spiro atoms. The van der Waals surface area contributed by atoms with Crippen LogP contribution in [0.1, 0.15) is 81.5 Å². The van der Waals surface area contributed by atoms with Crippen LogP contribution in [0.15, 0.2) is 35.2 Å². The normalized spacial score (nSPS) is 12.2. The fourth-order valence-electron chi connectivity index (χ4n) is 3.28. The molecular formula is C22H32N2O2S. The molecule has 0 heterocycles. The SMILES string of the molecule is Cc1cc(N)cc(NS(=O)(=O)c2c(C(C)C)cc(C(C)C)cc2C(C)C)c1. The molecule has 0 unspecified atom stereocenters. The monoisotopic (exact) mass is 388 g/mol. The van der Waals surface area contributed by atoms with Crippen molar-refractivity contribution >= 4 is 21.4 Å². The van der Waals surface area contributed by atoms with Gasteiger partial charge in [-0.05, 0) is 65.1 Å². The maximum atomic E-state index is 13.4. The lowest BCUT2D eigenvalue weighted by atomic mass is 9.89. The van der Waals surface area contributed by atoms with Crippen LogP contribution >= 0.6 is 0 Å². The quantitative estimate of drug-likeness (QED) is 0.619. The highest BCUT2D eigenvalue weighted by Gasteiger charge is 2.27. The molecule has 4 nitrogen and oxygen atoms in total. The molecule has 0 aromatic heterocycles. The Bertz CT molecular complexity index is 880. The highest BCUT2D eigenvalue weighted by molar-refractivity contribution is 7.92. The van der Waals surface area contributed by atoms with Crippen LogP contribution in [0.25, 0.3) is 0 Å². The molecule has 0 radical (unpaired) electrons. The first-order valence-corrected chi connectivity index (χ1v) is 11.0. The van der Waals surface area contributed by atoms with E-state index in [1.807, 2.05) is 52.8 Å². The van der Waals surface area contributed by atoms with E-state index in [0.29, 0.717) is 22.2 Å². The number of nitrogen functional groups attached to an aromatic ring is 1. The van der Waals surface area contributed by atoms with Crippen molar-refractivity contribution in [2.45, 2.75) is 71.1 Å². The molecule has 2 rings (SSSR count). The molecule has 0 amide bonds. The van der Waals surface area contributed by atoms with Gasteiger partial charge in [-0.1, -0.05) is 53.7 Å². The van der Waals surface area contributed by atoms with E-state index >= 15 is 0 Å². The van der Waals surface area contributed by atoms with Gasteiger partial charge in [-0.2, -0.15) is 0 Å². The number of hydrogen-bond acceptors (Lipinski definition) is 3. The molecule has 27 heavy (non-hydrogen) atoms. The summed E-state index contributed by atoms with van der Waals surface area (Å²) in [6, 6.07) is 9.34. The second-order valence-corrected chi connectivity index (χ2v) is 9.85. The minimum Gasteiger partial charge on any atom is -0.399 e. The smallest absolute Gasteiger partial charge is 0.262 e. The van der Waals surface area contributed by atoms with E-state index < -0.39 is 10.0 Å². The Morgan fingerprint density at radius 1 is 0.815 bits per heavy atom. The topological polar surface area (TPSA) is 72.2 Å². The van der Waals surface area contributed by atoms with Gasteiger partial charge in [0.15, 0.2) is 0 Å². The first-order valence-electron chi connectivity index (χ1n) is 9.50. The van der Waals surface area contributed by atoms with Gasteiger partial charge < -0.3 is 5.73 Å². The van der Waals surface area contributed by atoms with Crippen LogP contribution in [-0.2, 0) is 10.0 Å². The first kappa shape index (κ1) is 21.3. The summed E-state index contributed by atoms with van der Waals surface area (Å²) in [5.74, 6) is 0.520. The summed E-state index contributed by atoms with van der Waals surface area (Å²) < 4.78 is 29.6. The van der Waals surface area contributed by atoms with Gasteiger partial charge in [-0.3, -0.25) is 4.72 Å². The lowest BCUT2D eigenvalue weighted by Crippen LogP contribution is -2.19. The molecule has 0 fully saturated rings. The Balaban J connectivity index is 2.70. The van der Waals surface area contributed by atoms with E-state index in [1.165, 1.54) is 5.56 Å².